The van der Waals surface area contributed by atoms with Gasteiger partial charge in [0, 0.05) is 23.2 Å². The Morgan fingerprint density at radius 1 is 1.22 bits per heavy atom. The largest absolute Gasteiger partial charge is 0.356 e. The summed E-state index contributed by atoms with van der Waals surface area (Å²) in [5.74, 6) is 0.201. The highest BCUT2D eigenvalue weighted by Crippen LogP contribution is 2.11. The topological polar surface area (TPSA) is 29.1 Å². The number of thiophene rings is 1. The van der Waals surface area contributed by atoms with Gasteiger partial charge in [-0.25, -0.2) is 0 Å². The third-order valence-corrected chi connectivity index (χ3v) is 4.29. The van der Waals surface area contributed by atoms with Crippen LogP contribution in [0.4, 0.5) is 0 Å². The number of alkyl halides is 1. The fourth-order valence-corrected chi connectivity index (χ4v) is 2.91. The molecule has 0 aliphatic heterocycles. The van der Waals surface area contributed by atoms with Gasteiger partial charge in [0.15, 0.2) is 0 Å². The van der Waals surface area contributed by atoms with Gasteiger partial charge < -0.3 is 5.32 Å². The fraction of sp³-hybridized carbons (Fsp3) is 0.643. The van der Waals surface area contributed by atoms with Gasteiger partial charge in [0.2, 0.25) is 5.91 Å². The maximum atomic E-state index is 11.5. The van der Waals surface area contributed by atoms with Crippen LogP contribution in [0.15, 0.2) is 17.5 Å². The summed E-state index contributed by atoms with van der Waals surface area (Å²) in [7, 11) is 0. The average molecular weight is 332 g/mol. The van der Waals surface area contributed by atoms with E-state index < -0.39 is 0 Å². The third kappa shape index (κ3) is 7.88. The zero-order valence-corrected chi connectivity index (χ0v) is 13.2. The Morgan fingerprint density at radius 2 is 2.06 bits per heavy atom. The summed E-state index contributed by atoms with van der Waals surface area (Å²) < 4.78 is 0. The number of nitrogens with one attached hydrogen (secondary N) is 1. The Bertz CT molecular complexity index is 314. The Balaban J connectivity index is 1.91. The highest BCUT2D eigenvalue weighted by Gasteiger charge is 2.01. The molecule has 0 saturated carbocycles. The van der Waals surface area contributed by atoms with Crippen molar-refractivity contribution in [2.45, 2.75) is 44.9 Å². The predicted molar refractivity (Wildman–Crippen MR) is 82.5 cm³/mol. The van der Waals surface area contributed by atoms with E-state index in [2.05, 4.69) is 38.8 Å². The van der Waals surface area contributed by atoms with Gasteiger partial charge in [-0.1, -0.05) is 34.8 Å². The summed E-state index contributed by atoms with van der Waals surface area (Å²) in [5, 5.41) is 6.16. The third-order valence-electron chi connectivity index (χ3n) is 2.79. The van der Waals surface area contributed by atoms with Crippen molar-refractivity contribution in [3.05, 3.63) is 22.4 Å². The quantitative estimate of drug-likeness (QED) is 0.506. The van der Waals surface area contributed by atoms with Crippen LogP contribution < -0.4 is 5.32 Å². The molecule has 1 amide bonds. The molecular weight excluding hydrogens is 310 g/mol. The molecule has 0 saturated heterocycles. The van der Waals surface area contributed by atoms with Crippen molar-refractivity contribution < 1.29 is 4.79 Å². The van der Waals surface area contributed by atoms with Crippen LogP contribution in [0, 0.1) is 0 Å². The average Bonchev–Trinajstić information content (AvgIpc) is 2.87. The van der Waals surface area contributed by atoms with E-state index in [9.17, 15) is 4.79 Å². The van der Waals surface area contributed by atoms with Gasteiger partial charge in [0.05, 0.1) is 0 Å². The van der Waals surface area contributed by atoms with Crippen molar-refractivity contribution in [1.82, 2.24) is 5.32 Å². The second kappa shape index (κ2) is 10.6. The molecule has 0 atom stereocenters. The number of rotatable bonds is 10. The van der Waals surface area contributed by atoms with E-state index in [1.807, 2.05) is 0 Å². The first kappa shape index (κ1) is 15.7. The van der Waals surface area contributed by atoms with Gasteiger partial charge in [-0.05, 0) is 37.1 Å². The molecular formula is C14H22BrNOS. The van der Waals surface area contributed by atoms with E-state index >= 15 is 0 Å². The smallest absolute Gasteiger partial charge is 0.220 e. The number of carbonyl (C=O) groups excluding carboxylic acids is 1. The minimum atomic E-state index is 0.201. The molecule has 0 unspecified atom stereocenters. The molecule has 0 aliphatic rings. The molecule has 0 radical (unpaired) electrons. The van der Waals surface area contributed by atoms with Gasteiger partial charge in [-0.2, -0.15) is 0 Å². The number of carbonyl (C=O) groups is 1. The first-order valence-corrected chi connectivity index (χ1v) is 8.68. The molecule has 1 N–H and O–H groups in total. The van der Waals surface area contributed by atoms with Crippen LogP contribution in [0.1, 0.15) is 43.4 Å². The number of aryl methyl sites for hydroxylation is 1. The molecule has 0 aliphatic carbocycles. The van der Waals surface area contributed by atoms with Gasteiger partial charge in [-0.15, -0.1) is 11.3 Å². The van der Waals surface area contributed by atoms with Crippen molar-refractivity contribution in [2.24, 2.45) is 0 Å². The Hall–Kier alpha value is -0.350. The number of amides is 1. The van der Waals surface area contributed by atoms with Crippen LogP contribution in [0.25, 0.3) is 0 Å². The minimum Gasteiger partial charge on any atom is -0.356 e. The summed E-state index contributed by atoms with van der Waals surface area (Å²) in [6.45, 7) is 0.833. The van der Waals surface area contributed by atoms with E-state index in [1.54, 1.807) is 11.3 Å². The summed E-state index contributed by atoms with van der Waals surface area (Å²) in [6.07, 6.45) is 7.42. The van der Waals surface area contributed by atoms with E-state index in [0.717, 1.165) is 31.1 Å². The van der Waals surface area contributed by atoms with Gasteiger partial charge in [0.1, 0.15) is 0 Å². The maximum Gasteiger partial charge on any atom is 0.220 e. The second-order valence-corrected chi connectivity index (χ2v) is 6.21. The number of halogens is 1. The Labute approximate surface area is 122 Å². The van der Waals surface area contributed by atoms with Crippen molar-refractivity contribution in [2.75, 3.05) is 11.9 Å². The van der Waals surface area contributed by atoms with E-state index in [1.165, 1.54) is 24.1 Å². The molecule has 1 aromatic rings. The molecule has 2 nitrogen and oxygen atoms in total. The van der Waals surface area contributed by atoms with Crippen molar-refractivity contribution in [3.63, 3.8) is 0 Å². The van der Waals surface area contributed by atoms with Crippen LogP contribution in [-0.4, -0.2) is 17.8 Å². The second-order valence-electron chi connectivity index (χ2n) is 4.39. The first-order chi connectivity index (χ1) is 8.83. The summed E-state index contributed by atoms with van der Waals surface area (Å²) in [6, 6.07) is 4.19. The maximum absolute atomic E-state index is 11.5. The number of hydrogen-bond acceptors (Lipinski definition) is 2. The zero-order valence-electron chi connectivity index (χ0n) is 10.8. The highest BCUT2D eigenvalue weighted by molar-refractivity contribution is 9.09. The first-order valence-electron chi connectivity index (χ1n) is 6.68. The summed E-state index contributed by atoms with van der Waals surface area (Å²) in [4.78, 5) is 12.9. The molecule has 0 fully saturated rings. The molecule has 102 valence electrons. The van der Waals surface area contributed by atoms with Crippen molar-refractivity contribution >= 4 is 33.2 Å². The standard InChI is InChI=1S/C14H22BrNOS/c15-10-3-1-2-4-11-16-14(17)9-5-7-13-8-6-12-18-13/h6,8,12H,1-5,7,9-11H2,(H,16,17). The summed E-state index contributed by atoms with van der Waals surface area (Å²) in [5.41, 5.74) is 0. The van der Waals surface area contributed by atoms with Gasteiger partial charge in [0.25, 0.3) is 0 Å². The van der Waals surface area contributed by atoms with Crippen molar-refractivity contribution in [1.29, 1.82) is 0 Å². The van der Waals surface area contributed by atoms with Crippen LogP contribution in [-0.2, 0) is 11.2 Å². The van der Waals surface area contributed by atoms with E-state index in [0.29, 0.717) is 6.42 Å². The molecule has 18 heavy (non-hydrogen) atoms. The Kier molecular flexibility index (Phi) is 9.22. The van der Waals surface area contributed by atoms with Crippen molar-refractivity contribution in [3.8, 4) is 0 Å². The lowest BCUT2D eigenvalue weighted by Crippen LogP contribution is -2.24. The molecule has 4 heteroatoms. The monoisotopic (exact) mass is 331 g/mol. The Morgan fingerprint density at radius 3 is 2.78 bits per heavy atom. The number of unbranched alkanes of at least 4 members (excludes halogenated alkanes) is 3. The molecule has 1 rings (SSSR count). The molecule has 1 aromatic heterocycles. The lowest BCUT2D eigenvalue weighted by atomic mass is 10.2. The van der Waals surface area contributed by atoms with Gasteiger partial charge in [-0.3, -0.25) is 4.79 Å². The van der Waals surface area contributed by atoms with E-state index in [-0.39, 0.29) is 5.91 Å². The lowest BCUT2D eigenvalue weighted by Gasteiger charge is -2.04. The SMILES string of the molecule is O=C(CCCc1cccs1)NCCCCCCBr. The molecule has 0 aromatic carbocycles. The molecule has 0 spiro atoms. The highest BCUT2D eigenvalue weighted by atomic mass is 79.9. The minimum absolute atomic E-state index is 0.201. The summed E-state index contributed by atoms with van der Waals surface area (Å²) >= 11 is 5.19. The normalized spacial score (nSPS) is 10.5. The zero-order chi connectivity index (χ0) is 13.1. The van der Waals surface area contributed by atoms with Crippen LogP contribution in [0.2, 0.25) is 0 Å². The predicted octanol–water partition coefficient (Wildman–Crippen LogP) is 4.14. The van der Waals surface area contributed by atoms with Crippen LogP contribution in [0.3, 0.4) is 0 Å². The van der Waals surface area contributed by atoms with Crippen LogP contribution >= 0.6 is 27.3 Å². The molecule has 1 heterocycles. The van der Waals surface area contributed by atoms with Crippen LogP contribution in [0.5, 0.6) is 0 Å². The lowest BCUT2D eigenvalue weighted by molar-refractivity contribution is -0.121. The number of hydrogen-bond donors (Lipinski definition) is 1. The molecule has 0 bridgehead atoms. The fourth-order valence-electron chi connectivity index (χ4n) is 1.77. The van der Waals surface area contributed by atoms with Gasteiger partial charge >= 0.3 is 0 Å². The van der Waals surface area contributed by atoms with E-state index in [4.69, 9.17) is 0 Å².